The van der Waals surface area contributed by atoms with E-state index in [4.69, 9.17) is 4.74 Å². The number of fused-ring (bicyclic) bond motifs is 1. The molecule has 26 heavy (non-hydrogen) atoms. The topological polar surface area (TPSA) is 115 Å². The number of carbonyl (C=O) groups excluding carboxylic acids is 1. The molecular weight excluding hydrogens is 360 g/mol. The molecule has 1 aliphatic rings. The van der Waals surface area contributed by atoms with Crippen LogP contribution in [0.1, 0.15) is 27.8 Å². The molecule has 3 heterocycles. The van der Waals surface area contributed by atoms with E-state index in [0.29, 0.717) is 36.8 Å². The minimum Gasteiger partial charge on any atom is -0.481 e. The smallest absolute Gasteiger partial charge is 0.255 e. The second-order valence-corrected chi connectivity index (χ2v) is 8.39. The number of ether oxygens (including phenoxy) is 1. The van der Waals surface area contributed by atoms with Crippen molar-refractivity contribution in [3.05, 3.63) is 41.3 Å². The first kappa shape index (κ1) is 18.3. The molecule has 140 valence electrons. The van der Waals surface area contributed by atoms with Gasteiger partial charge in [-0.2, -0.15) is 5.10 Å². The lowest BCUT2D eigenvalue weighted by atomic mass is 10.2. The zero-order valence-corrected chi connectivity index (χ0v) is 15.3. The Balaban J connectivity index is 1.73. The molecule has 0 saturated heterocycles. The van der Waals surface area contributed by atoms with Gasteiger partial charge < -0.3 is 14.7 Å². The minimum absolute atomic E-state index is 0.161. The average molecular weight is 380 g/mol. The van der Waals surface area contributed by atoms with Gasteiger partial charge in [-0.3, -0.25) is 9.48 Å². The molecule has 1 atom stereocenters. The van der Waals surface area contributed by atoms with Crippen LogP contribution in [-0.2, 0) is 22.9 Å². The second-order valence-electron chi connectivity index (χ2n) is 6.21. The zero-order valence-electron chi connectivity index (χ0n) is 14.5. The maximum absolute atomic E-state index is 12.6. The molecule has 0 radical (unpaired) electrons. The fraction of sp³-hybridized carbons (Fsp3) is 0.438. The van der Waals surface area contributed by atoms with Gasteiger partial charge in [0.15, 0.2) is 0 Å². The zero-order chi connectivity index (χ0) is 18.9. The van der Waals surface area contributed by atoms with Gasteiger partial charge in [0.2, 0.25) is 5.88 Å². The highest BCUT2D eigenvalue weighted by molar-refractivity contribution is 7.90. The van der Waals surface area contributed by atoms with Crippen LogP contribution < -0.4 is 4.74 Å². The van der Waals surface area contributed by atoms with E-state index < -0.39 is 15.9 Å². The van der Waals surface area contributed by atoms with Crippen molar-refractivity contribution in [1.29, 1.82) is 0 Å². The van der Waals surface area contributed by atoms with Crippen LogP contribution in [0.4, 0.5) is 0 Å². The van der Waals surface area contributed by atoms with Crippen molar-refractivity contribution in [3.63, 3.8) is 0 Å². The van der Waals surface area contributed by atoms with Crippen LogP contribution in [0.2, 0.25) is 0 Å². The number of aliphatic hydroxyl groups is 1. The number of sulfone groups is 1. The van der Waals surface area contributed by atoms with E-state index in [1.807, 2.05) is 0 Å². The van der Waals surface area contributed by atoms with E-state index >= 15 is 0 Å². The molecule has 9 nitrogen and oxygen atoms in total. The first-order valence-electron chi connectivity index (χ1n) is 7.98. The lowest BCUT2D eigenvalue weighted by Gasteiger charge is -2.27. The third-order valence-electron chi connectivity index (χ3n) is 4.10. The number of aromatic nitrogens is 3. The van der Waals surface area contributed by atoms with E-state index in [0.717, 1.165) is 11.9 Å². The van der Waals surface area contributed by atoms with Gasteiger partial charge in [-0.05, 0) is 12.1 Å². The fourth-order valence-corrected chi connectivity index (χ4v) is 3.55. The number of aliphatic hydroxyl groups excluding tert-OH is 1. The summed E-state index contributed by atoms with van der Waals surface area (Å²) in [5, 5.41) is 14.3. The summed E-state index contributed by atoms with van der Waals surface area (Å²) in [5.74, 6) is -0.113. The third kappa shape index (κ3) is 4.02. The van der Waals surface area contributed by atoms with Gasteiger partial charge in [-0.1, -0.05) is 0 Å². The van der Waals surface area contributed by atoms with Gasteiger partial charge in [0, 0.05) is 25.1 Å². The van der Waals surface area contributed by atoms with Gasteiger partial charge in [-0.25, -0.2) is 13.4 Å². The number of methoxy groups -OCH3 is 1. The van der Waals surface area contributed by atoms with E-state index in [1.54, 1.807) is 27.8 Å². The molecule has 0 aliphatic carbocycles. The van der Waals surface area contributed by atoms with Crippen molar-refractivity contribution in [3.8, 4) is 5.88 Å². The Hall–Kier alpha value is -2.46. The number of nitrogens with zero attached hydrogens (tertiary/aromatic N) is 4. The molecule has 0 aromatic carbocycles. The summed E-state index contributed by atoms with van der Waals surface area (Å²) in [6.07, 6.45) is 1.35. The van der Waals surface area contributed by atoms with Gasteiger partial charge in [0.1, 0.15) is 15.9 Å². The van der Waals surface area contributed by atoms with Crippen LogP contribution in [-0.4, -0.2) is 64.8 Å². The summed E-state index contributed by atoms with van der Waals surface area (Å²) in [7, 11) is -1.81. The predicted molar refractivity (Wildman–Crippen MR) is 92.4 cm³/mol. The molecule has 1 N–H and O–H groups in total. The number of pyridine rings is 1. The first-order valence-corrected chi connectivity index (χ1v) is 10.0. The van der Waals surface area contributed by atoms with Crippen LogP contribution in [0.15, 0.2) is 24.4 Å². The van der Waals surface area contributed by atoms with Crippen molar-refractivity contribution in [1.82, 2.24) is 19.7 Å². The van der Waals surface area contributed by atoms with E-state index in [9.17, 15) is 18.3 Å². The van der Waals surface area contributed by atoms with Gasteiger partial charge in [0.05, 0.1) is 42.9 Å². The van der Waals surface area contributed by atoms with Crippen molar-refractivity contribution in [2.75, 3.05) is 25.7 Å². The van der Waals surface area contributed by atoms with Gasteiger partial charge in [-0.15, -0.1) is 0 Å². The second kappa shape index (κ2) is 7.04. The van der Waals surface area contributed by atoms with Gasteiger partial charge >= 0.3 is 0 Å². The van der Waals surface area contributed by atoms with Crippen LogP contribution in [0.3, 0.4) is 0 Å². The van der Waals surface area contributed by atoms with E-state index in [-0.39, 0.29) is 11.7 Å². The molecule has 10 heteroatoms. The van der Waals surface area contributed by atoms with Gasteiger partial charge in [0.25, 0.3) is 5.91 Å². The molecular formula is C16H20N4O5S. The monoisotopic (exact) mass is 380 g/mol. The van der Waals surface area contributed by atoms with Crippen molar-refractivity contribution in [2.45, 2.75) is 19.2 Å². The Morgan fingerprint density at radius 3 is 2.77 bits per heavy atom. The van der Waals surface area contributed by atoms with Crippen LogP contribution in [0.25, 0.3) is 0 Å². The quantitative estimate of drug-likeness (QED) is 0.778. The summed E-state index contributed by atoms with van der Waals surface area (Å²) < 4.78 is 29.4. The fourth-order valence-electron chi connectivity index (χ4n) is 2.81. The highest BCUT2D eigenvalue weighted by Gasteiger charge is 2.26. The van der Waals surface area contributed by atoms with Crippen LogP contribution >= 0.6 is 0 Å². The molecule has 2 aromatic heterocycles. The Labute approximate surface area is 151 Å². The predicted octanol–water partition coefficient (Wildman–Crippen LogP) is 0.0207. The summed E-state index contributed by atoms with van der Waals surface area (Å²) >= 11 is 0. The highest BCUT2D eigenvalue weighted by Crippen LogP contribution is 2.21. The van der Waals surface area contributed by atoms with Crippen molar-refractivity contribution in [2.24, 2.45) is 0 Å². The molecule has 0 saturated carbocycles. The summed E-state index contributed by atoms with van der Waals surface area (Å²) in [5.41, 5.74) is 1.50. The number of rotatable bonds is 5. The van der Waals surface area contributed by atoms with Crippen molar-refractivity contribution < 1.29 is 23.1 Å². The molecule has 1 amide bonds. The summed E-state index contributed by atoms with van der Waals surface area (Å²) in [6.45, 7) is 1.25. The summed E-state index contributed by atoms with van der Waals surface area (Å²) in [4.78, 5) is 18.3. The summed E-state index contributed by atoms with van der Waals surface area (Å²) in [6, 6.07) is 4.92. The molecule has 0 spiro atoms. The molecule has 1 aliphatic heterocycles. The first-order chi connectivity index (χ1) is 12.3. The Kier molecular flexibility index (Phi) is 4.97. The van der Waals surface area contributed by atoms with Crippen LogP contribution in [0, 0.1) is 0 Å². The van der Waals surface area contributed by atoms with Crippen molar-refractivity contribution >= 4 is 15.7 Å². The average Bonchev–Trinajstić information content (AvgIpc) is 3.03. The lowest BCUT2D eigenvalue weighted by Crippen LogP contribution is -2.38. The standard InChI is InChI=1S/C16H20N4O5S/c1-25-15-4-3-11(8-17-15)16(22)19-5-6-20-12(9-19)7-13(18-20)14(21)10-26(2,23)24/h3-4,7-8,14,21H,5-6,9-10H2,1-2H3/t14-/m0/s1. The maximum atomic E-state index is 12.6. The Morgan fingerprint density at radius 2 is 2.15 bits per heavy atom. The number of hydrogen-bond donors (Lipinski definition) is 1. The SMILES string of the molecule is COc1ccc(C(=O)N2CCn3nc([C@@H](O)CS(C)(=O)=O)cc3C2)cn1. The molecule has 0 fully saturated rings. The third-order valence-corrected chi connectivity index (χ3v) is 5.02. The normalized spacial score (nSPS) is 15.4. The van der Waals surface area contributed by atoms with Crippen LogP contribution in [0.5, 0.6) is 5.88 Å². The number of hydrogen-bond acceptors (Lipinski definition) is 7. The molecule has 2 aromatic rings. The van der Waals surface area contributed by atoms with E-state index in [1.165, 1.54) is 13.3 Å². The maximum Gasteiger partial charge on any atom is 0.255 e. The minimum atomic E-state index is -3.32. The Bertz CT molecular complexity index is 907. The molecule has 3 rings (SSSR count). The number of amides is 1. The molecule has 0 bridgehead atoms. The highest BCUT2D eigenvalue weighted by atomic mass is 32.2. The largest absolute Gasteiger partial charge is 0.481 e. The molecule has 0 unspecified atom stereocenters. The lowest BCUT2D eigenvalue weighted by molar-refractivity contribution is 0.0705. The number of carbonyl (C=O) groups is 1. The van der Waals surface area contributed by atoms with E-state index in [2.05, 4.69) is 10.1 Å². The Morgan fingerprint density at radius 1 is 1.38 bits per heavy atom.